The van der Waals surface area contributed by atoms with Gasteiger partial charge in [-0.3, -0.25) is 0 Å². The van der Waals surface area contributed by atoms with Crippen LogP contribution >= 0.6 is 0 Å². The van der Waals surface area contributed by atoms with Crippen LogP contribution in [0.2, 0.25) is 0 Å². The number of rotatable bonds is 21. The Balaban J connectivity index is 2.07. The summed E-state index contributed by atoms with van der Waals surface area (Å²) in [5, 5.41) is 0. The van der Waals surface area contributed by atoms with Gasteiger partial charge in [-0.05, 0) is 37.5 Å². The van der Waals surface area contributed by atoms with E-state index in [0.29, 0.717) is 12.2 Å². The second-order valence-electron chi connectivity index (χ2n) is 9.77. The van der Waals surface area contributed by atoms with Gasteiger partial charge >= 0.3 is 36.9 Å². The van der Waals surface area contributed by atoms with Crippen molar-refractivity contribution in [2.75, 3.05) is 19.8 Å². The third-order valence-corrected chi connectivity index (χ3v) is 5.78. The molecule has 0 amide bonds. The average Bonchev–Trinajstić information content (AvgIpc) is 2.93. The molecule has 0 N–H and O–H groups in total. The lowest BCUT2D eigenvalue weighted by atomic mass is 10.1. The van der Waals surface area contributed by atoms with Gasteiger partial charge in [0.05, 0.1) is 13.2 Å². The van der Waals surface area contributed by atoms with Crippen LogP contribution in [-0.2, 0) is 30.1 Å². The Kier molecular flexibility index (Phi) is 14.2. The van der Waals surface area contributed by atoms with Gasteiger partial charge in [-0.25, -0.2) is 24.2 Å². The molecule has 0 aliphatic rings. The van der Waals surface area contributed by atoms with Crippen molar-refractivity contribution in [1.82, 2.24) is 9.97 Å². The Hall–Kier alpha value is -3.01. The number of benzene rings is 1. The van der Waals surface area contributed by atoms with Crippen LogP contribution in [0.4, 0.5) is 57.1 Å². The predicted molar refractivity (Wildman–Crippen MR) is 136 cm³/mol. The van der Waals surface area contributed by atoms with Crippen molar-refractivity contribution in [2.45, 2.75) is 89.1 Å². The number of nitrogens with zero attached hydrogens (tertiary/aromatic N) is 2. The molecule has 2 aromatic rings. The van der Waals surface area contributed by atoms with Crippen LogP contribution in [0.15, 0.2) is 36.7 Å². The second-order valence-corrected chi connectivity index (χ2v) is 9.77. The molecule has 1 aromatic heterocycles. The molecule has 2 rings (SSSR count). The van der Waals surface area contributed by atoms with Gasteiger partial charge in [0.2, 0.25) is 0 Å². The molecule has 0 fully saturated rings. The number of halogens is 13. The summed E-state index contributed by atoms with van der Waals surface area (Å²) >= 11 is 0. The lowest BCUT2D eigenvalue weighted by Gasteiger charge is -2.33. The first-order chi connectivity index (χ1) is 22.0. The lowest BCUT2D eigenvalue weighted by Crippen LogP contribution is -2.57. The zero-order valence-corrected chi connectivity index (χ0v) is 25.0. The molecule has 0 aliphatic carbocycles. The summed E-state index contributed by atoms with van der Waals surface area (Å²) in [6, 6.07) is 6.03. The molecule has 1 aromatic carbocycles. The van der Waals surface area contributed by atoms with Crippen LogP contribution in [0, 0.1) is 0 Å². The van der Waals surface area contributed by atoms with Gasteiger partial charge in [0.1, 0.15) is 12.4 Å². The highest BCUT2D eigenvalue weighted by molar-refractivity contribution is 5.59. The van der Waals surface area contributed by atoms with Gasteiger partial charge in [0.15, 0.2) is 12.1 Å². The van der Waals surface area contributed by atoms with Gasteiger partial charge in [-0.2, -0.15) is 43.9 Å². The molecule has 1 atom stereocenters. The van der Waals surface area contributed by atoms with Gasteiger partial charge in [0.25, 0.3) is 0 Å². The summed E-state index contributed by atoms with van der Waals surface area (Å²) in [6.07, 6.45) is -34.5. The maximum absolute atomic E-state index is 14.0. The molecule has 0 bridgehead atoms. The molecule has 1 heterocycles. The monoisotopic (exact) mass is 724 g/mol. The third-order valence-electron chi connectivity index (χ3n) is 5.78. The molecule has 48 heavy (non-hydrogen) atoms. The highest BCUT2D eigenvalue weighted by Gasteiger charge is 2.74. The van der Waals surface area contributed by atoms with E-state index in [1.807, 2.05) is 11.7 Å². The van der Waals surface area contributed by atoms with Gasteiger partial charge in [-0.15, -0.1) is 13.2 Å². The molecule has 0 saturated heterocycles. The summed E-state index contributed by atoms with van der Waals surface area (Å²) < 4.78 is 193. The van der Waals surface area contributed by atoms with Crippen LogP contribution in [0.5, 0.6) is 5.75 Å². The number of unbranched alkanes of at least 4 members (excludes halogenated alkanes) is 3. The Morgan fingerprint density at radius 3 is 1.88 bits per heavy atom. The molecule has 1 unspecified atom stereocenters. The summed E-state index contributed by atoms with van der Waals surface area (Å²) in [6.45, 7) is 1.00. The smallest absolute Gasteiger partial charge is 0.465 e. The van der Waals surface area contributed by atoms with E-state index in [2.05, 4.69) is 19.4 Å². The molecule has 0 aliphatic heterocycles. The fourth-order valence-corrected chi connectivity index (χ4v) is 3.58. The summed E-state index contributed by atoms with van der Waals surface area (Å²) in [5.41, 5.74) is 0.749. The van der Waals surface area contributed by atoms with E-state index in [4.69, 9.17) is 9.47 Å². The van der Waals surface area contributed by atoms with E-state index in [-0.39, 0.29) is 23.6 Å². The van der Waals surface area contributed by atoms with Gasteiger partial charge in [0, 0.05) is 18.0 Å². The summed E-state index contributed by atoms with van der Waals surface area (Å²) in [7, 11) is 0. The maximum Gasteiger partial charge on any atom is 0.527 e. The zero-order valence-electron chi connectivity index (χ0n) is 25.0. The van der Waals surface area contributed by atoms with Crippen molar-refractivity contribution >= 4 is 0 Å². The predicted octanol–water partition coefficient (Wildman–Crippen LogP) is 8.56. The maximum atomic E-state index is 14.0. The van der Waals surface area contributed by atoms with E-state index in [0.717, 1.165) is 25.7 Å². The molecule has 0 saturated carbocycles. The third kappa shape index (κ3) is 12.8. The van der Waals surface area contributed by atoms with Crippen LogP contribution in [0.1, 0.15) is 45.1 Å². The fourth-order valence-electron chi connectivity index (χ4n) is 3.58. The Morgan fingerprint density at radius 1 is 0.708 bits per heavy atom. The molecule has 274 valence electrons. The second kappa shape index (κ2) is 16.6. The molecule has 8 nitrogen and oxygen atoms in total. The first-order valence-electron chi connectivity index (χ1n) is 13.8. The fraction of sp³-hybridized carbons (Fsp3) is 0.630. The van der Waals surface area contributed by atoms with E-state index < -0.39 is 56.4 Å². The standard InChI is InChI=1S/C27H29F13N2O6/c1-3-4-5-6-13-44-17(2)45-20-15-19(21-41-11-7-12-42-21)9-8-18(20)10-14-43-16-22(28,29)46-23(30,31)24(32,33)47-25(34,35)26(36,37)48-27(38,39)40/h7-9,11-12,15,17H,3-6,10,13-14,16H2,1-2H3. The van der Waals surface area contributed by atoms with Crippen LogP contribution < -0.4 is 4.74 Å². The lowest BCUT2D eigenvalue weighted by molar-refractivity contribution is -0.564. The summed E-state index contributed by atoms with van der Waals surface area (Å²) in [4.78, 5) is 8.20. The normalized spacial score (nSPS) is 14.3. The number of aromatic nitrogens is 2. The van der Waals surface area contributed by atoms with E-state index in [1.165, 1.54) is 30.6 Å². The Labute approximate surface area is 264 Å². The summed E-state index contributed by atoms with van der Waals surface area (Å²) in [5.74, 6) is 0.425. The molecular formula is C27H29F13N2O6. The Bertz CT molecular complexity index is 1270. The molecule has 0 radical (unpaired) electrons. The first kappa shape index (κ1) is 41.2. The van der Waals surface area contributed by atoms with E-state index >= 15 is 0 Å². The van der Waals surface area contributed by atoms with Crippen molar-refractivity contribution in [2.24, 2.45) is 0 Å². The van der Waals surface area contributed by atoms with Crippen molar-refractivity contribution < 1.29 is 85.5 Å². The molecule has 21 heteroatoms. The molecule has 0 spiro atoms. The minimum atomic E-state index is -7.12. The quantitative estimate of drug-likeness (QED) is 0.0720. The first-order valence-corrected chi connectivity index (χ1v) is 13.8. The van der Waals surface area contributed by atoms with Gasteiger partial charge in [-0.1, -0.05) is 38.3 Å². The minimum absolute atomic E-state index is 0.142. The Morgan fingerprint density at radius 2 is 1.29 bits per heavy atom. The van der Waals surface area contributed by atoms with Crippen LogP contribution in [-0.4, -0.2) is 73.0 Å². The number of hydrogen-bond donors (Lipinski definition) is 0. The zero-order chi connectivity index (χ0) is 36.4. The number of hydrogen-bond acceptors (Lipinski definition) is 8. The molecular weight excluding hydrogens is 695 g/mol. The average molecular weight is 725 g/mol. The topological polar surface area (TPSA) is 81.2 Å². The van der Waals surface area contributed by atoms with E-state index in [9.17, 15) is 57.1 Å². The SMILES string of the molecule is CCCCCCOC(C)Oc1cc(-c2ncccn2)ccc1CCOCC(F)(F)OC(F)(F)C(F)(F)OC(F)(F)C(F)(F)OC(F)(F)F. The number of ether oxygens (including phenoxy) is 6. The minimum Gasteiger partial charge on any atom is -0.465 e. The highest BCUT2D eigenvalue weighted by Crippen LogP contribution is 2.48. The number of alkyl halides is 13. The van der Waals surface area contributed by atoms with E-state index in [1.54, 1.807) is 17.7 Å². The van der Waals surface area contributed by atoms with Crippen molar-refractivity contribution in [1.29, 1.82) is 0 Å². The van der Waals surface area contributed by atoms with Crippen molar-refractivity contribution in [3.63, 3.8) is 0 Å². The van der Waals surface area contributed by atoms with Crippen molar-refractivity contribution in [3.8, 4) is 17.1 Å². The highest BCUT2D eigenvalue weighted by atomic mass is 19.4. The largest absolute Gasteiger partial charge is 0.527 e. The van der Waals surface area contributed by atoms with Crippen molar-refractivity contribution in [3.05, 3.63) is 42.2 Å². The van der Waals surface area contributed by atoms with Crippen LogP contribution in [0.25, 0.3) is 11.4 Å². The van der Waals surface area contributed by atoms with Gasteiger partial charge < -0.3 is 14.2 Å². The van der Waals surface area contributed by atoms with Crippen LogP contribution in [0.3, 0.4) is 0 Å².